The normalized spacial score (nSPS) is 25.9. The Morgan fingerprint density at radius 3 is 2.43 bits per heavy atom. The summed E-state index contributed by atoms with van der Waals surface area (Å²) in [5.74, 6) is 1.19. The van der Waals surface area contributed by atoms with E-state index < -0.39 is 11.9 Å². The molecule has 6 heteroatoms. The Kier molecular flexibility index (Phi) is 3.90. The van der Waals surface area contributed by atoms with Crippen molar-refractivity contribution in [3.8, 4) is 0 Å². The van der Waals surface area contributed by atoms with Crippen LogP contribution in [-0.2, 0) is 19.3 Å². The summed E-state index contributed by atoms with van der Waals surface area (Å²) in [5.41, 5.74) is 0.0311. The maximum Gasteiger partial charge on any atom is 0.433 e. The van der Waals surface area contributed by atoms with Crippen LogP contribution in [0.3, 0.4) is 0 Å². The third kappa shape index (κ3) is 2.91. The number of fused-ring (bicyclic) bond motifs is 1. The van der Waals surface area contributed by atoms with Crippen LogP contribution in [0.25, 0.3) is 0 Å². The molecule has 0 aromatic carbocycles. The van der Waals surface area contributed by atoms with Crippen LogP contribution in [0.2, 0.25) is 0 Å². The van der Waals surface area contributed by atoms with E-state index in [2.05, 4.69) is 22.2 Å². The average Bonchev–Trinajstić information content (AvgIpc) is 2.93. The summed E-state index contributed by atoms with van der Waals surface area (Å²) < 4.78 is 39.6. The topological polar surface area (TPSA) is 37.8 Å². The van der Waals surface area contributed by atoms with E-state index in [9.17, 15) is 13.2 Å². The van der Waals surface area contributed by atoms with Crippen molar-refractivity contribution in [3.63, 3.8) is 0 Å². The molecule has 21 heavy (non-hydrogen) atoms. The van der Waals surface area contributed by atoms with E-state index in [0.29, 0.717) is 24.0 Å². The van der Waals surface area contributed by atoms with Crippen molar-refractivity contribution < 1.29 is 13.2 Å². The fourth-order valence-corrected chi connectivity index (χ4v) is 3.43. The minimum atomic E-state index is -4.39. The highest BCUT2D eigenvalue weighted by Crippen LogP contribution is 2.38. The molecule has 1 aromatic heterocycles. The van der Waals surface area contributed by atoms with Gasteiger partial charge < -0.3 is 5.32 Å². The number of alkyl halides is 3. The third-order valence-corrected chi connectivity index (χ3v) is 4.76. The fraction of sp³-hybridized carbons (Fsp3) is 0.733. The zero-order chi connectivity index (χ0) is 15.0. The molecular weight excluding hydrogens is 279 g/mol. The lowest BCUT2D eigenvalue weighted by Crippen LogP contribution is -2.20. The molecule has 0 bridgehead atoms. The van der Waals surface area contributed by atoms with Gasteiger partial charge in [-0.25, -0.2) is 9.97 Å². The van der Waals surface area contributed by atoms with Gasteiger partial charge in [0.2, 0.25) is 0 Å². The number of hydrogen-bond acceptors (Lipinski definition) is 3. The smallest absolute Gasteiger partial charge is 0.307 e. The molecule has 116 valence electrons. The van der Waals surface area contributed by atoms with Crippen LogP contribution in [0.15, 0.2) is 0 Å². The largest absolute Gasteiger partial charge is 0.433 e. The second-order valence-electron chi connectivity index (χ2n) is 6.08. The predicted molar refractivity (Wildman–Crippen MR) is 72.6 cm³/mol. The fourth-order valence-electron chi connectivity index (χ4n) is 3.43. The third-order valence-electron chi connectivity index (χ3n) is 4.76. The Labute approximate surface area is 122 Å². The second-order valence-corrected chi connectivity index (χ2v) is 6.08. The first-order valence-corrected chi connectivity index (χ1v) is 7.66. The molecule has 0 spiro atoms. The highest BCUT2D eigenvalue weighted by atomic mass is 19.4. The van der Waals surface area contributed by atoms with Gasteiger partial charge in [-0.1, -0.05) is 13.3 Å². The molecule has 2 heterocycles. The van der Waals surface area contributed by atoms with E-state index in [4.69, 9.17) is 0 Å². The summed E-state index contributed by atoms with van der Waals surface area (Å²) in [6.45, 7) is 2.80. The van der Waals surface area contributed by atoms with Crippen molar-refractivity contribution in [3.05, 3.63) is 22.8 Å². The van der Waals surface area contributed by atoms with Crippen molar-refractivity contribution in [2.75, 3.05) is 0 Å². The zero-order valence-corrected chi connectivity index (χ0v) is 12.1. The van der Waals surface area contributed by atoms with Crippen molar-refractivity contribution in [1.82, 2.24) is 15.3 Å². The molecule has 2 aliphatic rings. The molecule has 0 saturated heterocycles. The van der Waals surface area contributed by atoms with Crippen molar-refractivity contribution in [2.45, 2.75) is 64.2 Å². The van der Waals surface area contributed by atoms with E-state index in [1.54, 1.807) is 0 Å². The van der Waals surface area contributed by atoms with E-state index in [0.717, 1.165) is 32.1 Å². The Morgan fingerprint density at radius 1 is 1.10 bits per heavy atom. The van der Waals surface area contributed by atoms with Gasteiger partial charge in [-0.2, -0.15) is 13.2 Å². The van der Waals surface area contributed by atoms with Crippen LogP contribution in [0.5, 0.6) is 0 Å². The highest BCUT2D eigenvalue weighted by molar-refractivity contribution is 5.31. The summed E-state index contributed by atoms with van der Waals surface area (Å²) >= 11 is 0. The molecule has 1 aliphatic heterocycles. The summed E-state index contributed by atoms with van der Waals surface area (Å²) in [7, 11) is 0. The van der Waals surface area contributed by atoms with Gasteiger partial charge in [-0.05, 0) is 31.6 Å². The molecule has 1 N–H and O–H groups in total. The van der Waals surface area contributed by atoms with E-state index in [1.165, 1.54) is 0 Å². The Hall–Kier alpha value is -1.17. The summed E-state index contributed by atoms with van der Waals surface area (Å²) in [5, 5.41) is 2.94. The molecule has 3 nitrogen and oxygen atoms in total. The maximum absolute atomic E-state index is 13.2. The number of hydrogen-bond donors (Lipinski definition) is 1. The van der Waals surface area contributed by atoms with E-state index in [1.807, 2.05) is 0 Å². The van der Waals surface area contributed by atoms with Gasteiger partial charge in [0.05, 0.1) is 5.69 Å². The second kappa shape index (κ2) is 5.55. The van der Waals surface area contributed by atoms with Gasteiger partial charge in [0.25, 0.3) is 0 Å². The van der Waals surface area contributed by atoms with Crippen molar-refractivity contribution >= 4 is 0 Å². The molecule has 1 aromatic rings. The zero-order valence-electron chi connectivity index (χ0n) is 12.1. The van der Waals surface area contributed by atoms with Gasteiger partial charge >= 0.3 is 6.18 Å². The minimum absolute atomic E-state index is 0.0831. The Bertz CT molecular complexity index is 520. The lowest BCUT2D eigenvalue weighted by Gasteiger charge is -2.27. The van der Waals surface area contributed by atoms with Gasteiger partial charge in [-0.3, -0.25) is 0 Å². The Balaban J connectivity index is 1.90. The van der Waals surface area contributed by atoms with Crippen LogP contribution in [0.1, 0.15) is 67.7 Å². The van der Waals surface area contributed by atoms with Crippen molar-refractivity contribution in [1.29, 1.82) is 0 Å². The van der Waals surface area contributed by atoms with E-state index in [-0.39, 0.29) is 18.0 Å². The monoisotopic (exact) mass is 299 g/mol. The summed E-state index contributed by atoms with van der Waals surface area (Å²) in [4.78, 5) is 8.34. The highest BCUT2D eigenvalue weighted by Gasteiger charge is 2.39. The van der Waals surface area contributed by atoms with Crippen LogP contribution >= 0.6 is 0 Å². The molecule has 0 atom stereocenters. The first kappa shape index (κ1) is 14.8. The molecular formula is C15H20F3N3. The molecule has 1 fully saturated rings. The van der Waals surface area contributed by atoms with Crippen LogP contribution < -0.4 is 5.32 Å². The molecule has 0 unspecified atom stereocenters. The van der Waals surface area contributed by atoms with Crippen LogP contribution in [-0.4, -0.2) is 9.97 Å². The molecule has 3 rings (SSSR count). The number of nitrogens with zero attached hydrogens (tertiary/aromatic N) is 2. The standard InChI is InChI=1S/C15H20F3N3/c1-2-9-3-5-10(6-4-9)14-20-12-8-19-7-11(12)13(21-14)15(16,17)18/h9-10,19H,2-8H2,1H3. The van der Waals surface area contributed by atoms with E-state index >= 15 is 0 Å². The number of halogens is 3. The average molecular weight is 299 g/mol. The van der Waals surface area contributed by atoms with Crippen LogP contribution in [0.4, 0.5) is 13.2 Å². The molecule has 0 amide bonds. The van der Waals surface area contributed by atoms with Gasteiger partial charge in [0.15, 0.2) is 5.69 Å². The van der Waals surface area contributed by atoms with Crippen molar-refractivity contribution in [2.24, 2.45) is 5.92 Å². The lowest BCUT2D eigenvalue weighted by atomic mass is 9.80. The van der Waals surface area contributed by atoms with Gasteiger partial charge in [-0.15, -0.1) is 0 Å². The SMILES string of the molecule is CCC1CCC(c2nc3c(c(C(F)(F)F)n2)CNC3)CC1. The number of aromatic nitrogens is 2. The predicted octanol–water partition coefficient (Wildman–Crippen LogP) is 3.78. The minimum Gasteiger partial charge on any atom is -0.307 e. The Morgan fingerprint density at radius 2 is 1.81 bits per heavy atom. The molecule has 0 radical (unpaired) electrons. The quantitative estimate of drug-likeness (QED) is 0.903. The van der Waals surface area contributed by atoms with Crippen LogP contribution in [0, 0.1) is 5.92 Å². The summed E-state index contributed by atoms with van der Waals surface area (Å²) in [6.07, 6.45) is 0.705. The first-order valence-electron chi connectivity index (χ1n) is 7.66. The lowest BCUT2D eigenvalue weighted by molar-refractivity contribution is -0.142. The molecule has 1 aliphatic carbocycles. The maximum atomic E-state index is 13.2. The first-order chi connectivity index (χ1) is 9.99. The van der Waals surface area contributed by atoms with Gasteiger partial charge in [0, 0.05) is 24.6 Å². The molecule has 1 saturated carbocycles. The number of nitrogens with one attached hydrogen (secondary N) is 1. The summed E-state index contributed by atoms with van der Waals surface area (Å²) in [6, 6.07) is 0. The number of rotatable bonds is 2. The van der Waals surface area contributed by atoms with Gasteiger partial charge in [0.1, 0.15) is 5.82 Å².